The second kappa shape index (κ2) is 8.27. The van der Waals surface area contributed by atoms with Gasteiger partial charge in [-0.25, -0.2) is 15.0 Å². The van der Waals surface area contributed by atoms with Crippen LogP contribution in [-0.4, -0.2) is 30.7 Å². The number of anilines is 1. The minimum absolute atomic E-state index is 0.0743. The van der Waals surface area contributed by atoms with Crippen LogP contribution < -0.4 is 5.73 Å². The zero-order valence-electron chi connectivity index (χ0n) is 15.5. The molecule has 2 aromatic heterocycles. The van der Waals surface area contributed by atoms with Gasteiger partial charge < -0.3 is 15.4 Å². The van der Waals surface area contributed by atoms with E-state index in [2.05, 4.69) is 16.9 Å². The molecule has 3 rings (SSSR count). The number of hydrogen-bond donors (Lipinski definition) is 2. The van der Waals surface area contributed by atoms with Crippen molar-refractivity contribution in [2.75, 3.05) is 5.73 Å². The Morgan fingerprint density at radius 3 is 2.58 bits per heavy atom. The fraction of sp³-hybridized carbons (Fsp3) is 0.450. The maximum atomic E-state index is 10.3. The van der Waals surface area contributed by atoms with Gasteiger partial charge in [-0.2, -0.15) is 0 Å². The first-order chi connectivity index (χ1) is 12.6. The summed E-state index contributed by atoms with van der Waals surface area (Å²) >= 11 is 0. The van der Waals surface area contributed by atoms with Gasteiger partial charge in [0.05, 0.1) is 18.5 Å². The lowest BCUT2D eigenvalue weighted by atomic mass is 10.0. The second-order valence-electron chi connectivity index (χ2n) is 6.78. The molecule has 3 aromatic rings. The summed E-state index contributed by atoms with van der Waals surface area (Å²) in [4.78, 5) is 13.5. The smallest absolute Gasteiger partial charge is 0.166 e. The summed E-state index contributed by atoms with van der Waals surface area (Å²) in [5.41, 5.74) is 8.31. The maximum absolute atomic E-state index is 10.3. The number of benzene rings is 1. The van der Waals surface area contributed by atoms with E-state index in [0.29, 0.717) is 22.8 Å². The Morgan fingerprint density at radius 1 is 1.12 bits per heavy atom. The number of hydrogen-bond acceptors (Lipinski definition) is 5. The minimum Gasteiger partial charge on any atom is -0.391 e. The van der Waals surface area contributed by atoms with Gasteiger partial charge in [-0.15, -0.1) is 0 Å². The number of unbranched alkanes of at least 4 members (excludes halogenated alkanes) is 3. The fourth-order valence-corrected chi connectivity index (χ4v) is 3.29. The van der Waals surface area contributed by atoms with Crippen molar-refractivity contribution in [1.82, 2.24) is 19.5 Å². The topological polar surface area (TPSA) is 89.8 Å². The van der Waals surface area contributed by atoms with E-state index in [9.17, 15) is 5.11 Å². The molecule has 0 saturated carbocycles. The third-order valence-electron chi connectivity index (χ3n) is 4.75. The standard InChI is InChI=1S/C20H27N5O/c1-3-4-5-9-12-16(14(2)26)25-13-22-17-18(21)23-19(24-20(17)25)15-10-7-6-8-11-15/h6-8,10-11,13-14,16,26H,3-5,9,12H2,1-2H3,(H2,21,23,24). The molecule has 0 bridgehead atoms. The van der Waals surface area contributed by atoms with Crippen molar-refractivity contribution < 1.29 is 5.11 Å². The first-order valence-electron chi connectivity index (χ1n) is 9.35. The molecular weight excluding hydrogens is 326 g/mol. The van der Waals surface area contributed by atoms with Crippen LogP contribution in [0.1, 0.15) is 52.0 Å². The Kier molecular flexibility index (Phi) is 5.83. The molecule has 3 N–H and O–H groups in total. The third-order valence-corrected chi connectivity index (χ3v) is 4.75. The molecule has 0 fully saturated rings. The first kappa shape index (κ1) is 18.3. The molecule has 1 aromatic carbocycles. The molecular formula is C20H27N5O. The average Bonchev–Trinajstić information content (AvgIpc) is 3.06. The number of imidazole rings is 1. The van der Waals surface area contributed by atoms with Gasteiger partial charge in [0.1, 0.15) is 5.52 Å². The van der Waals surface area contributed by atoms with E-state index in [-0.39, 0.29) is 6.04 Å². The van der Waals surface area contributed by atoms with E-state index >= 15 is 0 Å². The van der Waals surface area contributed by atoms with Crippen molar-refractivity contribution >= 4 is 17.0 Å². The number of rotatable bonds is 8. The predicted molar refractivity (Wildman–Crippen MR) is 105 cm³/mol. The highest BCUT2D eigenvalue weighted by molar-refractivity contribution is 5.83. The maximum Gasteiger partial charge on any atom is 0.166 e. The fourth-order valence-electron chi connectivity index (χ4n) is 3.29. The van der Waals surface area contributed by atoms with E-state index in [0.717, 1.165) is 18.4 Å². The number of aliphatic hydroxyl groups is 1. The predicted octanol–water partition coefficient (Wildman–Crippen LogP) is 3.97. The van der Waals surface area contributed by atoms with E-state index in [1.54, 1.807) is 6.33 Å². The number of nitrogen functional groups attached to an aromatic ring is 1. The van der Waals surface area contributed by atoms with Crippen LogP contribution >= 0.6 is 0 Å². The molecule has 2 unspecified atom stereocenters. The van der Waals surface area contributed by atoms with Crippen LogP contribution in [-0.2, 0) is 0 Å². The number of aliphatic hydroxyl groups excluding tert-OH is 1. The lowest BCUT2D eigenvalue weighted by molar-refractivity contribution is 0.124. The lowest BCUT2D eigenvalue weighted by Gasteiger charge is -2.22. The van der Waals surface area contributed by atoms with Crippen LogP contribution in [0.25, 0.3) is 22.6 Å². The second-order valence-corrected chi connectivity index (χ2v) is 6.78. The SMILES string of the molecule is CCCCCCC(C(C)O)n1cnc2c(N)nc(-c3ccccc3)nc21. The van der Waals surface area contributed by atoms with Crippen molar-refractivity contribution in [2.24, 2.45) is 0 Å². The molecule has 26 heavy (non-hydrogen) atoms. The van der Waals surface area contributed by atoms with E-state index < -0.39 is 6.10 Å². The quantitative estimate of drug-likeness (QED) is 0.598. The zero-order chi connectivity index (χ0) is 18.5. The summed E-state index contributed by atoms with van der Waals surface area (Å²) in [5.74, 6) is 0.940. The van der Waals surface area contributed by atoms with Crippen LogP contribution in [0.5, 0.6) is 0 Å². The Balaban J connectivity index is 1.98. The van der Waals surface area contributed by atoms with Gasteiger partial charge in [-0.3, -0.25) is 0 Å². The van der Waals surface area contributed by atoms with E-state index in [1.807, 2.05) is 41.8 Å². The van der Waals surface area contributed by atoms with Crippen molar-refractivity contribution in [3.63, 3.8) is 0 Å². The summed E-state index contributed by atoms with van der Waals surface area (Å²) in [6.07, 6.45) is 6.75. The lowest BCUT2D eigenvalue weighted by Crippen LogP contribution is -2.21. The van der Waals surface area contributed by atoms with Crippen LogP contribution in [0.15, 0.2) is 36.7 Å². The van der Waals surface area contributed by atoms with Crippen LogP contribution in [0.4, 0.5) is 5.82 Å². The molecule has 0 amide bonds. The number of nitrogens with zero attached hydrogens (tertiary/aromatic N) is 4. The molecule has 0 radical (unpaired) electrons. The van der Waals surface area contributed by atoms with Crippen molar-refractivity contribution in [1.29, 1.82) is 0 Å². The first-order valence-corrected chi connectivity index (χ1v) is 9.35. The van der Waals surface area contributed by atoms with Gasteiger partial charge in [0.2, 0.25) is 0 Å². The van der Waals surface area contributed by atoms with Crippen LogP contribution in [0.3, 0.4) is 0 Å². The molecule has 0 saturated heterocycles. The van der Waals surface area contributed by atoms with E-state index in [1.165, 1.54) is 19.3 Å². The molecule has 0 aliphatic carbocycles. The van der Waals surface area contributed by atoms with Crippen LogP contribution in [0.2, 0.25) is 0 Å². The zero-order valence-corrected chi connectivity index (χ0v) is 15.5. The van der Waals surface area contributed by atoms with Crippen LogP contribution in [0, 0.1) is 0 Å². The van der Waals surface area contributed by atoms with Crippen molar-refractivity contribution in [3.05, 3.63) is 36.7 Å². The molecule has 2 heterocycles. The van der Waals surface area contributed by atoms with Gasteiger partial charge in [0.15, 0.2) is 17.3 Å². The molecule has 0 spiro atoms. The molecule has 6 heteroatoms. The summed E-state index contributed by atoms with van der Waals surface area (Å²) in [5, 5.41) is 10.3. The molecule has 6 nitrogen and oxygen atoms in total. The number of nitrogens with two attached hydrogens (primary N) is 1. The third kappa shape index (κ3) is 3.85. The highest BCUT2D eigenvalue weighted by Gasteiger charge is 2.21. The number of fused-ring (bicyclic) bond motifs is 1. The highest BCUT2D eigenvalue weighted by atomic mass is 16.3. The highest BCUT2D eigenvalue weighted by Crippen LogP contribution is 2.28. The average molecular weight is 353 g/mol. The van der Waals surface area contributed by atoms with Gasteiger partial charge in [-0.1, -0.05) is 62.9 Å². The number of aromatic nitrogens is 4. The molecule has 138 valence electrons. The Morgan fingerprint density at radius 2 is 1.88 bits per heavy atom. The Bertz CT molecular complexity index is 844. The summed E-state index contributed by atoms with van der Waals surface area (Å²) in [6.45, 7) is 4.01. The monoisotopic (exact) mass is 353 g/mol. The Hall–Kier alpha value is -2.47. The van der Waals surface area contributed by atoms with Crippen molar-refractivity contribution in [3.8, 4) is 11.4 Å². The minimum atomic E-state index is -0.495. The Labute approximate surface area is 154 Å². The molecule has 0 aliphatic heterocycles. The summed E-state index contributed by atoms with van der Waals surface area (Å²) in [7, 11) is 0. The van der Waals surface area contributed by atoms with Crippen molar-refractivity contribution in [2.45, 2.75) is 58.1 Å². The normalized spacial score (nSPS) is 13.8. The largest absolute Gasteiger partial charge is 0.391 e. The molecule has 0 aliphatic rings. The molecule has 2 atom stereocenters. The van der Waals surface area contributed by atoms with E-state index in [4.69, 9.17) is 10.7 Å². The summed E-state index contributed by atoms with van der Waals surface area (Å²) in [6, 6.07) is 9.69. The van der Waals surface area contributed by atoms with Gasteiger partial charge >= 0.3 is 0 Å². The summed E-state index contributed by atoms with van der Waals surface area (Å²) < 4.78 is 1.95. The van der Waals surface area contributed by atoms with Gasteiger partial charge in [0, 0.05) is 5.56 Å². The van der Waals surface area contributed by atoms with Gasteiger partial charge in [0.25, 0.3) is 0 Å². The van der Waals surface area contributed by atoms with Gasteiger partial charge in [-0.05, 0) is 13.3 Å².